The Hall–Kier alpha value is -3.51. The number of nitrogens with one attached hydrogen (secondary N) is 1. The van der Waals surface area contributed by atoms with Gasteiger partial charge in [-0.15, -0.1) is 11.3 Å². The number of esters is 1. The molecule has 9 heteroatoms. The Morgan fingerprint density at radius 3 is 2.93 bits per heavy atom. The van der Waals surface area contributed by atoms with E-state index in [1.54, 1.807) is 40.4 Å². The monoisotopic (exact) mass is 396 g/mol. The van der Waals surface area contributed by atoms with Crippen LogP contribution in [0.25, 0.3) is 10.9 Å². The third kappa shape index (κ3) is 4.24. The van der Waals surface area contributed by atoms with Gasteiger partial charge in [0.05, 0.1) is 30.2 Å². The van der Waals surface area contributed by atoms with Gasteiger partial charge in [-0.2, -0.15) is 10.4 Å². The van der Waals surface area contributed by atoms with Gasteiger partial charge >= 0.3 is 5.97 Å². The molecule has 0 bridgehead atoms. The molecule has 0 aliphatic rings. The van der Waals surface area contributed by atoms with E-state index >= 15 is 0 Å². The lowest BCUT2D eigenvalue weighted by Gasteiger charge is -2.14. The molecule has 0 spiro atoms. The summed E-state index contributed by atoms with van der Waals surface area (Å²) >= 11 is 1.22. The van der Waals surface area contributed by atoms with Crippen LogP contribution in [0.5, 0.6) is 0 Å². The van der Waals surface area contributed by atoms with Crippen LogP contribution < -0.4 is 10.7 Å². The van der Waals surface area contributed by atoms with E-state index in [-0.39, 0.29) is 18.4 Å². The van der Waals surface area contributed by atoms with Crippen LogP contribution in [0.15, 0.2) is 46.7 Å². The molecule has 28 heavy (non-hydrogen) atoms. The number of benzene rings is 1. The van der Waals surface area contributed by atoms with Crippen LogP contribution in [0.1, 0.15) is 18.9 Å². The highest BCUT2D eigenvalue weighted by atomic mass is 32.1. The van der Waals surface area contributed by atoms with Gasteiger partial charge in [-0.05, 0) is 30.5 Å². The Kier molecular flexibility index (Phi) is 5.81. The topological polar surface area (TPSA) is 114 Å². The van der Waals surface area contributed by atoms with Crippen molar-refractivity contribution >= 4 is 39.1 Å². The number of para-hydroxylation sites is 1. The number of fused-ring (bicyclic) bond motifs is 1. The molecule has 2 aromatic heterocycles. The minimum atomic E-state index is -1.01. The highest BCUT2D eigenvalue weighted by Gasteiger charge is 2.19. The van der Waals surface area contributed by atoms with Gasteiger partial charge in [-0.25, -0.2) is 0 Å². The predicted molar refractivity (Wildman–Crippen MR) is 104 cm³/mol. The van der Waals surface area contributed by atoms with Crippen LogP contribution in [-0.2, 0) is 20.9 Å². The van der Waals surface area contributed by atoms with Crippen molar-refractivity contribution in [3.8, 4) is 6.07 Å². The molecule has 0 aliphatic carbocycles. The zero-order valence-corrected chi connectivity index (χ0v) is 15.7. The third-order valence-corrected chi connectivity index (χ3v) is 4.82. The van der Waals surface area contributed by atoms with Gasteiger partial charge in [-0.1, -0.05) is 12.1 Å². The molecule has 0 aliphatic heterocycles. The Morgan fingerprint density at radius 1 is 1.36 bits per heavy atom. The number of aromatic nitrogens is 2. The normalized spacial score (nSPS) is 11.6. The van der Waals surface area contributed by atoms with Crippen LogP contribution in [-0.4, -0.2) is 27.8 Å². The number of aryl methyl sites for hydroxylation is 1. The van der Waals surface area contributed by atoms with Gasteiger partial charge in [0.2, 0.25) is 5.43 Å². The molecule has 142 valence electrons. The molecule has 0 radical (unpaired) electrons. The molecular formula is C19H16N4O4S. The standard InChI is InChI=1S/C19H16N4O4S/c1-12(18(26)22-19-13(10-20)7-9-28-19)27-17(25)6-8-23-15-5-3-2-4-14(15)16(24)11-21-23/h2-5,7,9,11-12H,6,8H2,1H3,(H,22,26)/t12-/m0/s1. The molecule has 0 saturated heterocycles. The van der Waals surface area contributed by atoms with Gasteiger partial charge < -0.3 is 10.1 Å². The number of hydrogen-bond donors (Lipinski definition) is 1. The second-order valence-electron chi connectivity index (χ2n) is 5.90. The average Bonchev–Trinajstić information content (AvgIpc) is 3.14. The van der Waals surface area contributed by atoms with Crippen molar-refractivity contribution in [1.82, 2.24) is 9.78 Å². The third-order valence-electron chi connectivity index (χ3n) is 3.99. The number of rotatable bonds is 6. The van der Waals surface area contributed by atoms with Crippen molar-refractivity contribution in [2.45, 2.75) is 26.0 Å². The maximum atomic E-state index is 12.2. The number of carbonyl (C=O) groups excluding carboxylic acids is 2. The van der Waals surface area contributed by atoms with Gasteiger partial charge in [0.15, 0.2) is 6.10 Å². The molecule has 2 heterocycles. The SMILES string of the molecule is C[C@H](OC(=O)CCn1ncc(=O)c2ccccc21)C(=O)Nc1sccc1C#N. The lowest BCUT2D eigenvalue weighted by Crippen LogP contribution is -2.30. The number of nitriles is 1. The lowest BCUT2D eigenvalue weighted by atomic mass is 10.2. The molecule has 1 amide bonds. The number of amides is 1. The number of anilines is 1. The summed E-state index contributed by atoms with van der Waals surface area (Å²) in [5.41, 5.74) is 0.786. The average molecular weight is 396 g/mol. The largest absolute Gasteiger partial charge is 0.452 e. The van der Waals surface area contributed by atoms with E-state index in [2.05, 4.69) is 10.4 Å². The van der Waals surface area contributed by atoms with Crippen molar-refractivity contribution in [1.29, 1.82) is 5.26 Å². The molecule has 1 atom stereocenters. The van der Waals surface area contributed by atoms with Gasteiger partial charge in [0.25, 0.3) is 5.91 Å². The van der Waals surface area contributed by atoms with E-state index in [1.165, 1.54) is 24.5 Å². The summed E-state index contributed by atoms with van der Waals surface area (Å²) in [4.78, 5) is 36.1. The number of thiophene rings is 1. The minimum absolute atomic E-state index is 0.0140. The highest BCUT2D eigenvalue weighted by Crippen LogP contribution is 2.22. The van der Waals surface area contributed by atoms with Crippen molar-refractivity contribution in [3.05, 3.63) is 57.7 Å². The fourth-order valence-corrected chi connectivity index (χ4v) is 3.29. The van der Waals surface area contributed by atoms with Crippen molar-refractivity contribution in [2.75, 3.05) is 5.32 Å². The molecule has 1 aromatic carbocycles. The Balaban J connectivity index is 1.59. The van der Waals surface area contributed by atoms with E-state index in [9.17, 15) is 14.4 Å². The molecule has 1 N–H and O–H groups in total. The molecular weight excluding hydrogens is 380 g/mol. The predicted octanol–water partition coefficient (Wildman–Crippen LogP) is 2.29. The first-order chi connectivity index (χ1) is 13.5. The zero-order valence-electron chi connectivity index (χ0n) is 14.9. The number of ether oxygens (including phenoxy) is 1. The summed E-state index contributed by atoms with van der Waals surface area (Å²) in [7, 11) is 0. The highest BCUT2D eigenvalue weighted by molar-refractivity contribution is 7.14. The Morgan fingerprint density at radius 2 is 2.14 bits per heavy atom. The molecule has 8 nitrogen and oxygen atoms in total. The summed E-state index contributed by atoms with van der Waals surface area (Å²) in [5.74, 6) is -1.09. The Bertz CT molecular complexity index is 1130. The fourth-order valence-electron chi connectivity index (χ4n) is 2.55. The fraction of sp³-hybridized carbons (Fsp3) is 0.211. The molecule has 0 saturated carbocycles. The second-order valence-corrected chi connectivity index (χ2v) is 6.81. The van der Waals surface area contributed by atoms with Crippen LogP contribution in [0.3, 0.4) is 0 Å². The van der Waals surface area contributed by atoms with E-state index in [1.807, 2.05) is 6.07 Å². The van der Waals surface area contributed by atoms with Crippen molar-refractivity contribution < 1.29 is 14.3 Å². The van der Waals surface area contributed by atoms with Crippen molar-refractivity contribution in [3.63, 3.8) is 0 Å². The van der Waals surface area contributed by atoms with Crippen molar-refractivity contribution in [2.24, 2.45) is 0 Å². The molecule has 0 unspecified atom stereocenters. The molecule has 3 rings (SSSR count). The van der Waals surface area contributed by atoms with E-state index in [4.69, 9.17) is 10.00 Å². The lowest BCUT2D eigenvalue weighted by molar-refractivity contribution is -0.153. The minimum Gasteiger partial charge on any atom is -0.452 e. The number of hydrogen-bond acceptors (Lipinski definition) is 7. The van der Waals surface area contributed by atoms with E-state index in [0.717, 1.165) is 0 Å². The summed E-state index contributed by atoms with van der Waals surface area (Å²) in [5, 5.41) is 18.2. The van der Waals surface area contributed by atoms with E-state index < -0.39 is 18.0 Å². The van der Waals surface area contributed by atoms with Gasteiger partial charge in [0.1, 0.15) is 11.1 Å². The van der Waals surface area contributed by atoms with Crippen LogP contribution >= 0.6 is 11.3 Å². The zero-order chi connectivity index (χ0) is 20.1. The van der Waals surface area contributed by atoms with Crippen LogP contribution in [0.2, 0.25) is 0 Å². The quantitative estimate of drug-likeness (QED) is 0.640. The smallest absolute Gasteiger partial charge is 0.308 e. The first-order valence-corrected chi connectivity index (χ1v) is 9.30. The molecule has 0 fully saturated rings. The Labute approximate surface area is 164 Å². The van der Waals surface area contributed by atoms with Gasteiger partial charge in [-0.3, -0.25) is 19.1 Å². The van der Waals surface area contributed by atoms with Crippen LogP contribution in [0.4, 0.5) is 5.00 Å². The second kappa shape index (κ2) is 8.45. The summed E-state index contributed by atoms with van der Waals surface area (Å²) < 4.78 is 6.71. The first-order valence-electron chi connectivity index (χ1n) is 8.42. The summed E-state index contributed by atoms with van der Waals surface area (Å²) in [6.07, 6.45) is 0.178. The number of nitrogens with zero attached hydrogens (tertiary/aromatic N) is 3. The van der Waals surface area contributed by atoms with Gasteiger partial charge in [0, 0.05) is 5.39 Å². The maximum Gasteiger partial charge on any atom is 0.308 e. The number of carbonyl (C=O) groups is 2. The first kappa shape index (κ1) is 19.3. The summed E-state index contributed by atoms with van der Waals surface area (Å²) in [6.45, 7) is 1.66. The maximum absolute atomic E-state index is 12.2. The van der Waals surface area contributed by atoms with E-state index in [0.29, 0.717) is 21.5 Å². The molecule has 3 aromatic rings. The summed E-state index contributed by atoms with van der Waals surface area (Å²) in [6, 6.07) is 10.6. The van der Waals surface area contributed by atoms with Crippen LogP contribution in [0, 0.1) is 11.3 Å².